The lowest BCUT2D eigenvalue weighted by molar-refractivity contribution is -0.156. The van der Waals surface area contributed by atoms with Crippen molar-refractivity contribution in [2.75, 3.05) is 13.2 Å². The highest BCUT2D eigenvalue weighted by atomic mass is 19.3. The second-order valence-electron chi connectivity index (χ2n) is 7.63. The minimum Gasteiger partial charge on any atom is -0.455 e. The van der Waals surface area contributed by atoms with Crippen LogP contribution in [0.3, 0.4) is 0 Å². The Morgan fingerprint density at radius 2 is 1.76 bits per heavy atom. The van der Waals surface area contributed by atoms with E-state index in [0.717, 1.165) is 24.8 Å². The van der Waals surface area contributed by atoms with Crippen LogP contribution in [0, 0.1) is 17.8 Å². The first-order valence-electron chi connectivity index (χ1n) is 9.93. The van der Waals surface area contributed by atoms with E-state index in [1.54, 1.807) is 12.1 Å². The average molecular weight is 409 g/mol. The molecule has 0 aliphatic heterocycles. The molecule has 1 aromatic rings. The summed E-state index contributed by atoms with van der Waals surface area (Å²) >= 11 is 0. The number of ether oxygens (including phenoxy) is 2. The Morgan fingerprint density at radius 3 is 2.38 bits per heavy atom. The van der Waals surface area contributed by atoms with E-state index in [2.05, 4.69) is 10.1 Å². The molecule has 3 rings (SSSR count). The summed E-state index contributed by atoms with van der Waals surface area (Å²) in [6, 6.07) is 6.17. The summed E-state index contributed by atoms with van der Waals surface area (Å²) in [5.74, 6) is -0.815. The van der Waals surface area contributed by atoms with Crippen LogP contribution in [-0.4, -0.2) is 37.4 Å². The number of benzene rings is 1. The lowest BCUT2D eigenvalue weighted by Gasteiger charge is -2.36. The van der Waals surface area contributed by atoms with Crippen molar-refractivity contribution in [2.24, 2.45) is 17.8 Å². The van der Waals surface area contributed by atoms with E-state index < -0.39 is 18.5 Å². The topological polar surface area (TPSA) is 81.7 Å². The highest BCUT2D eigenvalue weighted by molar-refractivity contribution is 5.87. The molecule has 0 spiro atoms. The van der Waals surface area contributed by atoms with Gasteiger partial charge >= 0.3 is 12.6 Å². The van der Waals surface area contributed by atoms with Gasteiger partial charge in [0.25, 0.3) is 5.91 Å². The fraction of sp³-hybridized carbons (Fsp3) is 0.571. The third kappa shape index (κ3) is 5.98. The van der Waals surface area contributed by atoms with Gasteiger partial charge in [0.15, 0.2) is 6.61 Å². The van der Waals surface area contributed by atoms with Crippen LogP contribution in [0.4, 0.5) is 8.78 Å². The van der Waals surface area contributed by atoms with Crippen LogP contribution in [0.1, 0.15) is 37.7 Å². The van der Waals surface area contributed by atoms with Gasteiger partial charge in [0.1, 0.15) is 11.5 Å². The lowest BCUT2D eigenvalue weighted by atomic mass is 9.67. The van der Waals surface area contributed by atoms with Gasteiger partial charge in [-0.15, -0.1) is 0 Å². The van der Waals surface area contributed by atoms with Crippen molar-refractivity contribution in [1.82, 2.24) is 5.32 Å². The van der Waals surface area contributed by atoms with E-state index in [1.165, 1.54) is 12.1 Å². The monoisotopic (exact) mass is 409 g/mol. The molecule has 2 fully saturated rings. The highest BCUT2D eigenvalue weighted by Gasteiger charge is 2.41. The quantitative estimate of drug-likeness (QED) is 0.668. The molecule has 1 unspecified atom stereocenters. The van der Waals surface area contributed by atoms with Crippen molar-refractivity contribution < 1.29 is 32.6 Å². The molecule has 1 N–H and O–H groups in total. The summed E-state index contributed by atoms with van der Waals surface area (Å²) in [5.41, 5.74) is 0.849. The number of carbonyl (C=O) groups is 3. The number of Topliss-reactive ketones (excluding diaryl/α,β-unsaturated/α-hetero) is 1. The Kier molecular flexibility index (Phi) is 7.17. The van der Waals surface area contributed by atoms with Crippen molar-refractivity contribution >= 4 is 17.7 Å². The second kappa shape index (κ2) is 9.80. The molecule has 8 heteroatoms. The normalized spacial score (nSPS) is 23.6. The maximum absolute atomic E-state index is 12.3. The summed E-state index contributed by atoms with van der Waals surface area (Å²) in [6.07, 6.45) is 4.28. The number of halogens is 2. The summed E-state index contributed by atoms with van der Waals surface area (Å²) in [4.78, 5) is 36.2. The van der Waals surface area contributed by atoms with E-state index in [4.69, 9.17) is 4.74 Å². The van der Waals surface area contributed by atoms with Gasteiger partial charge in [0.2, 0.25) is 0 Å². The molecule has 0 aromatic heterocycles. The minimum atomic E-state index is -2.86. The number of hydrogen-bond donors (Lipinski definition) is 1. The van der Waals surface area contributed by atoms with E-state index in [9.17, 15) is 23.2 Å². The van der Waals surface area contributed by atoms with Gasteiger partial charge < -0.3 is 14.8 Å². The molecular formula is C21H25F2NO5. The molecule has 1 amide bonds. The number of amides is 1. The summed E-state index contributed by atoms with van der Waals surface area (Å²) in [7, 11) is 0. The van der Waals surface area contributed by atoms with Crippen LogP contribution >= 0.6 is 0 Å². The van der Waals surface area contributed by atoms with Gasteiger partial charge in [0, 0.05) is 18.4 Å². The van der Waals surface area contributed by atoms with Gasteiger partial charge in [-0.05, 0) is 49.8 Å². The van der Waals surface area contributed by atoms with Gasteiger partial charge in [-0.3, -0.25) is 14.4 Å². The highest BCUT2D eigenvalue weighted by Crippen LogP contribution is 2.40. The van der Waals surface area contributed by atoms with Crippen molar-refractivity contribution in [2.45, 2.75) is 45.1 Å². The number of esters is 1. The number of alkyl halides is 2. The summed E-state index contributed by atoms with van der Waals surface area (Å²) in [5, 5.41) is 2.66. The van der Waals surface area contributed by atoms with E-state index in [-0.39, 0.29) is 35.9 Å². The van der Waals surface area contributed by atoms with E-state index >= 15 is 0 Å². The maximum Gasteiger partial charge on any atom is 0.387 e. The Hall–Kier alpha value is -2.51. The van der Waals surface area contributed by atoms with Crippen LogP contribution in [0.15, 0.2) is 24.3 Å². The largest absolute Gasteiger partial charge is 0.455 e. The molecule has 0 radical (unpaired) electrons. The Bertz CT molecular complexity index is 721. The van der Waals surface area contributed by atoms with Crippen LogP contribution in [-0.2, 0) is 25.5 Å². The number of nitrogens with one attached hydrogen (secondary N) is 1. The molecule has 3 atom stereocenters. The molecule has 1 aromatic carbocycles. The number of carbonyl (C=O) groups excluding carboxylic acids is 3. The molecule has 29 heavy (non-hydrogen) atoms. The zero-order valence-corrected chi connectivity index (χ0v) is 16.1. The van der Waals surface area contributed by atoms with Crippen molar-refractivity contribution in [1.29, 1.82) is 0 Å². The molecule has 2 saturated carbocycles. The molecular weight excluding hydrogens is 384 g/mol. The van der Waals surface area contributed by atoms with Crippen LogP contribution in [0.2, 0.25) is 0 Å². The predicted octanol–water partition coefficient (Wildman–Crippen LogP) is 2.89. The third-order valence-electron chi connectivity index (χ3n) is 5.61. The lowest BCUT2D eigenvalue weighted by Crippen LogP contribution is -2.40. The Labute approximate surface area is 167 Å². The molecule has 2 aliphatic rings. The van der Waals surface area contributed by atoms with Crippen molar-refractivity contribution in [3.8, 4) is 5.75 Å². The first kappa shape index (κ1) is 21.2. The number of ketones is 1. The van der Waals surface area contributed by atoms with Gasteiger partial charge in [0.05, 0.1) is 5.92 Å². The van der Waals surface area contributed by atoms with Crippen LogP contribution < -0.4 is 10.1 Å². The first-order valence-corrected chi connectivity index (χ1v) is 9.93. The molecule has 158 valence electrons. The van der Waals surface area contributed by atoms with Gasteiger partial charge in [-0.25, -0.2) is 0 Å². The second-order valence-corrected chi connectivity index (χ2v) is 7.63. The van der Waals surface area contributed by atoms with Gasteiger partial charge in [-0.1, -0.05) is 18.6 Å². The fourth-order valence-corrected chi connectivity index (χ4v) is 4.16. The smallest absolute Gasteiger partial charge is 0.387 e. The summed E-state index contributed by atoms with van der Waals surface area (Å²) in [6.45, 7) is -2.88. The Balaban J connectivity index is 1.34. The summed E-state index contributed by atoms with van der Waals surface area (Å²) < 4.78 is 33.7. The first-order chi connectivity index (χ1) is 13.9. The maximum atomic E-state index is 12.3. The molecule has 0 heterocycles. The van der Waals surface area contributed by atoms with Gasteiger partial charge in [-0.2, -0.15) is 8.78 Å². The predicted molar refractivity (Wildman–Crippen MR) is 99.3 cm³/mol. The Morgan fingerprint density at radius 1 is 1.10 bits per heavy atom. The van der Waals surface area contributed by atoms with E-state index in [1.807, 2.05) is 0 Å². The average Bonchev–Trinajstić information content (AvgIpc) is 2.67. The molecule has 2 aliphatic carbocycles. The molecule has 2 bridgehead atoms. The zero-order valence-electron chi connectivity index (χ0n) is 16.1. The van der Waals surface area contributed by atoms with Crippen molar-refractivity contribution in [3.05, 3.63) is 29.8 Å². The minimum absolute atomic E-state index is 0.0358. The number of rotatable bonds is 8. The van der Waals surface area contributed by atoms with Crippen LogP contribution in [0.25, 0.3) is 0 Å². The fourth-order valence-electron chi connectivity index (χ4n) is 4.16. The standard InChI is InChI=1S/C21H25F2NO5/c22-21(23)29-17-6-4-13(5-7-17)8-9-24-18(25)12-28-20(27)16-10-14-2-1-3-15(11-16)19(14)26/h4-7,14-16,21H,1-3,8-12H2,(H,24,25)/t14-,15+,16?. The number of hydrogen-bond acceptors (Lipinski definition) is 5. The number of fused-ring (bicyclic) bond motifs is 2. The molecule has 0 saturated heterocycles. The van der Waals surface area contributed by atoms with Crippen molar-refractivity contribution in [3.63, 3.8) is 0 Å². The zero-order chi connectivity index (χ0) is 20.8. The molecule has 6 nitrogen and oxygen atoms in total. The van der Waals surface area contributed by atoms with Crippen LogP contribution in [0.5, 0.6) is 5.75 Å². The third-order valence-corrected chi connectivity index (χ3v) is 5.61. The van der Waals surface area contributed by atoms with E-state index in [0.29, 0.717) is 25.8 Å². The SMILES string of the molecule is O=C(COC(=O)C1C[C@H]2CCC[C@@H](C1)C2=O)NCCc1ccc(OC(F)F)cc1.